The molecule has 0 radical (unpaired) electrons. The molecule has 2 aromatic rings. The number of carbonyl (C=O) groups is 2. The number of aromatic nitrogens is 3. The number of thioether (sulfide) groups is 1. The summed E-state index contributed by atoms with van der Waals surface area (Å²) >= 11 is 7.04. The second kappa shape index (κ2) is 8.62. The Hall–Kier alpha value is -2.26. The number of nitrogens with one attached hydrogen (secondary N) is 1. The predicted octanol–water partition coefficient (Wildman–Crippen LogP) is 1.78. The zero-order valence-corrected chi connectivity index (χ0v) is 17.3. The summed E-state index contributed by atoms with van der Waals surface area (Å²) in [7, 11) is 1.58. The number of nitrogens with zero attached hydrogens (tertiary/aromatic N) is 4. The van der Waals surface area contributed by atoms with Gasteiger partial charge in [0.2, 0.25) is 17.0 Å². The number of rotatable bonds is 6. The highest BCUT2D eigenvalue weighted by Crippen LogP contribution is 2.23. The molecule has 0 spiro atoms. The SMILES string of the molecule is CN(CC(=O)NC(C)(C)C)C(=O)CSc1nnc(-c2ccc(Cl)cc2)n1N. The van der Waals surface area contributed by atoms with Crippen molar-refractivity contribution in [2.45, 2.75) is 31.5 Å². The molecule has 0 saturated carbocycles. The van der Waals surface area contributed by atoms with E-state index in [9.17, 15) is 9.59 Å². The fourth-order valence-corrected chi connectivity index (χ4v) is 3.09. The smallest absolute Gasteiger partial charge is 0.240 e. The molecule has 0 bridgehead atoms. The molecular formula is C17H23ClN6O2S. The molecule has 27 heavy (non-hydrogen) atoms. The van der Waals surface area contributed by atoms with Crippen LogP contribution in [0.25, 0.3) is 11.4 Å². The number of amides is 2. The Kier molecular flexibility index (Phi) is 6.72. The quantitative estimate of drug-likeness (QED) is 0.555. The van der Waals surface area contributed by atoms with Gasteiger partial charge in [-0.25, -0.2) is 4.68 Å². The van der Waals surface area contributed by atoms with E-state index in [1.54, 1.807) is 31.3 Å². The van der Waals surface area contributed by atoms with Crippen LogP contribution in [0.2, 0.25) is 5.02 Å². The molecule has 0 aliphatic carbocycles. The summed E-state index contributed by atoms with van der Waals surface area (Å²) < 4.78 is 1.33. The molecule has 0 aliphatic rings. The van der Waals surface area contributed by atoms with Crippen LogP contribution in [-0.2, 0) is 9.59 Å². The molecule has 0 atom stereocenters. The van der Waals surface area contributed by atoms with Gasteiger partial charge in [-0.2, -0.15) is 0 Å². The molecule has 0 fully saturated rings. The molecule has 146 valence electrons. The van der Waals surface area contributed by atoms with Crippen molar-refractivity contribution >= 4 is 35.2 Å². The summed E-state index contributed by atoms with van der Waals surface area (Å²) in [5.41, 5.74) is 0.424. The van der Waals surface area contributed by atoms with Crippen molar-refractivity contribution in [3.63, 3.8) is 0 Å². The Morgan fingerprint density at radius 1 is 1.26 bits per heavy atom. The molecule has 3 N–H and O–H groups in total. The summed E-state index contributed by atoms with van der Waals surface area (Å²) in [5.74, 6) is 6.18. The fourth-order valence-electron chi connectivity index (χ4n) is 2.17. The Bertz CT molecular complexity index is 816. The van der Waals surface area contributed by atoms with Crippen LogP contribution < -0.4 is 11.2 Å². The minimum Gasteiger partial charge on any atom is -0.350 e. The van der Waals surface area contributed by atoms with Crippen molar-refractivity contribution in [2.24, 2.45) is 0 Å². The van der Waals surface area contributed by atoms with Crippen molar-refractivity contribution in [3.8, 4) is 11.4 Å². The standard InChI is InChI=1S/C17H23ClN6O2S/c1-17(2,3)20-13(25)9-23(4)14(26)10-27-16-22-21-15(24(16)19)11-5-7-12(18)8-6-11/h5-8H,9-10,19H2,1-4H3,(H,20,25). The summed E-state index contributed by atoms with van der Waals surface area (Å²) in [4.78, 5) is 25.5. The molecule has 1 aromatic carbocycles. The summed E-state index contributed by atoms with van der Waals surface area (Å²) in [6, 6.07) is 7.05. The number of halogens is 1. The first-order valence-electron chi connectivity index (χ1n) is 8.21. The maximum Gasteiger partial charge on any atom is 0.240 e. The lowest BCUT2D eigenvalue weighted by Gasteiger charge is -2.23. The van der Waals surface area contributed by atoms with Gasteiger partial charge in [0.15, 0.2) is 5.82 Å². The van der Waals surface area contributed by atoms with E-state index in [-0.39, 0.29) is 29.7 Å². The van der Waals surface area contributed by atoms with Crippen LogP contribution in [0, 0.1) is 0 Å². The first-order valence-corrected chi connectivity index (χ1v) is 9.57. The van der Waals surface area contributed by atoms with Gasteiger partial charge >= 0.3 is 0 Å². The van der Waals surface area contributed by atoms with E-state index < -0.39 is 0 Å². The van der Waals surface area contributed by atoms with Gasteiger partial charge in [-0.3, -0.25) is 9.59 Å². The number of carbonyl (C=O) groups excluding carboxylic acids is 2. The van der Waals surface area contributed by atoms with Gasteiger partial charge in [0, 0.05) is 23.2 Å². The molecule has 0 aliphatic heterocycles. The molecule has 0 saturated heterocycles. The number of hydrogen-bond donors (Lipinski definition) is 2. The lowest BCUT2D eigenvalue weighted by molar-refractivity contribution is -0.133. The molecule has 0 unspecified atom stereocenters. The number of hydrogen-bond acceptors (Lipinski definition) is 6. The molecule has 8 nitrogen and oxygen atoms in total. The van der Waals surface area contributed by atoms with Crippen LogP contribution in [0.1, 0.15) is 20.8 Å². The first-order chi connectivity index (χ1) is 12.6. The Morgan fingerprint density at radius 2 is 1.89 bits per heavy atom. The van der Waals surface area contributed by atoms with Crippen molar-refractivity contribution in [1.82, 2.24) is 25.1 Å². The first kappa shape index (κ1) is 21.0. The zero-order chi connectivity index (χ0) is 20.2. The number of benzene rings is 1. The molecular weight excluding hydrogens is 388 g/mol. The van der Waals surface area contributed by atoms with Crippen LogP contribution in [0.15, 0.2) is 29.4 Å². The number of nitrogens with two attached hydrogens (primary N) is 1. The normalized spacial score (nSPS) is 11.3. The van der Waals surface area contributed by atoms with Gasteiger partial charge in [-0.05, 0) is 45.0 Å². The molecule has 10 heteroatoms. The van der Waals surface area contributed by atoms with Crippen LogP contribution in [0.5, 0.6) is 0 Å². The van der Waals surface area contributed by atoms with Crippen molar-refractivity contribution < 1.29 is 9.59 Å². The highest BCUT2D eigenvalue weighted by Gasteiger charge is 2.19. The van der Waals surface area contributed by atoms with E-state index in [0.717, 1.165) is 17.3 Å². The molecule has 2 amide bonds. The molecule has 1 heterocycles. The van der Waals surface area contributed by atoms with E-state index in [0.29, 0.717) is 16.0 Å². The monoisotopic (exact) mass is 410 g/mol. The highest BCUT2D eigenvalue weighted by molar-refractivity contribution is 7.99. The van der Waals surface area contributed by atoms with Crippen LogP contribution >= 0.6 is 23.4 Å². The Labute approximate surface area is 167 Å². The van der Waals surface area contributed by atoms with E-state index in [4.69, 9.17) is 17.4 Å². The van der Waals surface area contributed by atoms with Gasteiger partial charge in [-0.15, -0.1) is 10.2 Å². The second-order valence-electron chi connectivity index (χ2n) is 7.02. The van der Waals surface area contributed by atoms with Gasteiger partial charge in [0.1, 0.15) is 0 Å². The maximum absolute atomic E-state index is 12.3. The predicted molar refractivity (Wildman–Crippen MR) is 107 cm³/mol. The summed E-state index contributed by atoms with van der Waals surface area (Å²) in [6.45, 7) is 5.64. The second-order valence-corrected chi connectivity index (χ2v) is 8.40. The van der Waals surface area contributed by atoms with E-state index in [2.05, 4.69) is 15.5 Å². The lowest BCUT2D eigenvalue weighted by atomic mass is 10.1. The third-order valence-corrected chi connectivity index (χ3v) is 4.59. The summed E-state index contributed by atoms with van der Waals surface area (Å²) in [5, 5.41) is 11.9. The minimum atomic E-state index is -0.343. The number of likely N-dealkylation sites (N-methyl/N-ethyl adjacent to an activating group) is 1. The van der Waals surface area contributed by atoms with Gasteiger partial charge in [-0.1, -0.05) is 23.4 Å². The number of nitrogen functional groups attached to an aromatic ring is 1. The minimum absolute atomic E-state index is 0.0119. The molecule has 1 aromatic heterocycles. The van der Waals surface area contributed by atoms with E-state index >= 15 is 0 Å². The Morgan fingerprint density at radius 3 is 2.48 bits per heavy atom. The topological polar surface area (TPSA) is 106 Å². The average Bonchev–Trinajstić information content (AvgIpc) is 2.92. The fraction of sp³-hybridized carbons (Fsp3) is 0.412. The van der Waals surface area contributed by atoms with Gasteiger partial charge < -0.3 is 16.1 Å². The van der Waals surface area contributed by atoms with E-state index in [1.165, 1.54) is 9.58 Å². The lowest BCUT2D eigenvalue weighted by Crippen LogP contribution is -2.46. The van der Waals surface area contributed by atoms with Crippen molar-refractivity contribution in [1.29, 1.82) is 0 Å². The highest BCUT2D eigenvalue weighted by atomic mass is 35.5. The molecule has 2 rings (SSSR count). The summed E-state index contributed by atoms with van der Waals surface area (Å²) in [6.07, 6.45) is 0. The van der Waals surface area contributed by atoms with Crippen LogP contribution in [0.4, 0.5) is 0 Å². The van der Waals surface area contributed by atoms with Crippen LogP contribution in [-0.4, -0.2) is 56.5 Å². The average molecular weight is 411 g/mol. The van der Waals surface area contributed by atoms with Crippen molar-refractivity contribution in [2.75, 3.05) is 25.2 Å². The third-order valence-electron chi connectivity index (χ3n) is 3.41. The Balaban J connectivity index is 1.93. The van der Waals surface area contributed by atoms with Crippen LogP contribution in [0.3, 0.4) is 0 Å². The third kappa shape index (κ3) is 6.14. The largest absolute Gasteiger partial charge is 0.350 e. The van der Waals surface area contributed by atoms with Gasteiger partial charge in [0.05, 0.1) is 12.3 Å². The van der Waals surface area contributed by atoms with Crippen molar-refractivity contribution in [3.05, 3.63) is 29.3 Å². The maximum atomic E-state index is 12.3. The zero-order valence-electron chi connectivity index (χ0n) is 15.7. The van der Waals surface area contributed by atoms with E-state index in [1.807, 2.05) is 20.8 Å². The van der Waals surface area contributed by atoms with Gasteiger partial charge in [0.25, 0.3) is 0 Å².